The Morgan fingerprint density at radius 2 is 1.59 bits per heavy atom. The third-order valence-electron chi connectivity index (χ3n) is 4.64. The first-order valence-electron chi connectivity index (χ1n) is 6.83. The van der Waals surface area contributed by atoms with Gasteiger partial charge in [-0.05, 0) is 50.4 Å². The van der Waals surface area contributed by atoms with Crippen molar-refractivity contribution in [3.05, 3.63) is 0 Å². The predicted octanol–water partition coefficient (Wildman–Crippen LogP) is 0.974. The highest BCUT2D eigenvalue weighted by Crippen LogP contribution is 2.41. The summed E-state index contributed by atoms with van der Waals surface area (Å²) in [6.07, 6.45) is 7.20. The van der Waals surface area contributed by atoms with Crippen LogP contribution in [0.5, 0.6) is 0 Å². The van der Waals surface area contributed by atoms with E-state index < -0.39 is 10.0 Å². The summed E-state index contributed by atoms with van der Waals surface area (Å²) in [4.78, 5) is 0. The maximum absolute atomic E-state index is 12.0. The molecule has 3 saturated carbocycles. The molecule has 4 nitrogen and oxygen atoms in total. The van der Waals surface area contributed by atoms with Crippen molar-refractivity contribution in [2.75, 3.05) is 0 Å². The molecule has 0 aliphatic heterocycles. The Kier molecular flexibility index (Phi) is 2.96. The summed E-state index contributed by atoms with van der Waals surface area (Å²) in [5, 5.41) is -0.0983. The van der Waals surface area contributed by atoms with Gasteiger partial charge in [0.05, 0.1) is 5.25 Å². The van der Waals surface area contributed by atoms with Crippen LogP contribution >= 0.6 is 0 Å². The van der Waals surface area contributed by atoms with Gasteiger partial charge in [0, 0.05) is 12.1 Å². The van der Waals surface area contributed by atoms with Crippen LogP contribution < -0.4 is 10.5 Å². The highest BCUT2D eigenvalue weighted by Gasteiger charge is 2.44. The lowest BCUT2D eigenvalue weighted by Gasteiger charge is -2.45. The minimum absolute atomic E-state index is 0.0983. The monoisotopic (exact) mass is 258 g/mol. The predicted molar refractivity (Wildman–Crippen MR) is 66.9 cm³/mol. The van der Waals surface area contributed by atoms with Crippen molar-refractivity contribution in [3.8, 4) is 0 Å². The zero-order chi connectivity index (χ0) is 12.0. The van der Waals surface area contributed by atoms with E-state index in [9.17, 15) is 8.42 Å². The molecule has 17 heavy (non-hydrogen) atoms. The molecule has 3 N–H and O–H groups in total. The molecule has 0 aromatic carbocycles. The largest absolute Gasteiger partial charge is 0.328 e. The molecule has 2 unspecified atom stereocenters. The normalized spacial score (nSPS) is 42.4. The van der Waals surface area contributed by atoms with E-state index >= 15 is 0 Å². The van der Waals surface area contributed by atoms with Crippen LogP contribution in [0.15, 0.2) is 0 Å². The minimum Gasteiger partial charge on any atom is -0.328 e. The quantitative estimate of drug-likeness (QED) is 0.792. The summed E-state index contributed by atoms with van der Waals surface area (Å²) in [6, 6.07) is 0.459. The van der Waals surface area contributed by atoms with Crippen LogP contribution in [-0.2, 0) is 10.0 Å². The fourth-order valence-electron chi connectivity index (χ4n) is 3.65. The van der Waals surface area contributed by atoms with Gasteiger partial charge in [-0.2, -0.15) is 0 Å². The van der Waals surface area contributed by atoms with Crippen molar-refractivity contribution in [2.24, 2.45) is 17.6 Å². The van der Waals surface area contributed by atoms with Crippen LogP contribution in [0.2, 0.25) is 0 Å². The lowest BCUT2D eigenvalue weighted by molar-refractivity contribution is 0.125. The Balaban J connectivity index is 1.73. The minimum atomic E-state index is -3.04. The smallest absolute Gasteiger partial charge is 0.214 e. The van der Waals surface area contributed by atoms with Crippen LogP contribution in [0.1, 0.15) is 44.9 Å². The van der Waals surface area contributed by atoms with Crippen LogP contribution in [0.4, 0.5) is 0 Å². The number of nitrogens with one attached hydrogen (secondary N) is 1. The van der Waals surface area contributed by atoms with Crippen molar-refractivity contribution in [1.82, 2.24) is 4.72 Å². The Morgan fingerprint density at radius 1 is 1.00 bits per heavy atom. The highest BCUT2D eigenvalue weighted by molar-refractivity contribution is 7.90. The van der Waals surface area contributed by atoms with Crippen molar-refractivity contribution < 1.29 is 8.42 Å². The van der Waals surface area contributed by atoms with Crippen molar-refractivity contribution in [2.45, 2.75) is 62.3 Å². The number of nitrogens with two attached hydrogens (primary N) is 1. The first-order chi connectivity index (χ1) is 8.06. The zero-order valence-electron chi connectivity index (χ0n) is 10.1. The fourth-order valence-corrected chi connectivity index (χ4v) is 5.36. The third kappa shape index (κ3) is 2.37. The maximum atomic E-state index is 12.0. The van der Waals surface area contributed by atoms with E-state index in [4.69, 9.17) is 5.73 Å². The molecule has 2 bridgehead atoms. The number of rotatable bonds is 3. The zero-order valence-corrected chi connectivity index (χ0v) is 11.0. The van der Waals surface area contributed by atoms with E-state index in [1.165, 1.54) is 6.42 Å². The van der Waals surface area contributed by atoms with Crippen LogP contribution in [0, 0.1) is 11.8 Å². The number of hydrogen-bond donors (Lipinski definition) is 2. The second-order valence-electron chi connectivity index (χ2n) is 6.07. The lowest BCUT2D eigenvalue weighted by atomic mass is 9.67. The molecule has 5 heteroatoms. The first-order valence-corrected chi connectivity index (χ1v) is 8.37. The van der Waals surface area contributed by atoms with E-state index in [1.54, 1.807) is 0 Å². The van der Waals surface area contributed by atoms with Gasteiger partial charge in [0.15, 0.2) is 0 Å². The molecule has 0 aromatic heterocycles. The average molecular weight is 258 g/mol. The van der Waals surface area contributed by atoms with Gasteiger partial charge in [-0.1, -0.05) is 6.42 Å². The number of sulfonamides is 1. The summed E-state index contributed by atoms with van der Waals surface area (Å²) in [6.45, 7) is 0. The molecular weight excluding hydrogens is 236 g/mol. The summed E-state index contributed by atoms with van der Waals surface area (Å²) in [7, 11) is -3.04. The van der Waals surface area contributed by atoms with Crippen molar-refractivity contribution >= 4 is 10.0 Å². The molecule has 2 atom stereocenters. The molecule has 0 heterocycles. The van der Waals surface area contributed by atoms with Crippen LogP contribution in [-0.4, -0.2) is 25.8 Å². The Morgan fingerprint density at radius 3 is 2.12 bits per heavy atom. The SMILES string of the molecule is NC1CC2CCCC(C1)C2NS(=O)(=O)C1CC1. The third-order valence-corrected chi connectivity index (χ3v) is 6.59. The summed E-state index contributed by atoms with van der Waals surface area (Å²) in [5.41, 5.74) is 6.05. The van der Waals surface area contributed by atoms with Gasteiger partial charge in [-0.3, -0.25) is 0 Å². The Hall–Kier alpha value is -0.130. The van der Waals surface area contributed by atoms with E-state index in [2.05, 4.69) is 4.72 Å². The van der Waals surface area contributed by atoms with E-state index in [1.807, 2.05) is 0 Å². The Bertz CT molecular complexity index is 377. The van der Waals surface area contributed by atoms with E-state index in [-0.39, 0.29) is 17.3 Å². The van der Waals surface area contributed by atoms with Crippen LogP contribution in [0.25, 0.3) is 0 Å². The molecule has 0 aromatic rings. The molecule has 0 radical (unpaired) electrons. The van der Waals surface area contributed by atoms with Gasteiger partial charge < -0.3 is 5.73 Å². The molecule has 0 saturated heterocycles. The molecule has 3 aliphatic rings. The van der Waals surface area contributed by atoms with Crippen molar-refractivity contribution in [1.29, 1.82) is 0 Å². The van der Waals surface area contributed by atoms with E-state index in [0.717, 1.165) is 38.5 Å². The molecular formula is C12H22N2O2S. The highest BCUT2D eigenvalue weighted by atomic mass is 32.2. The van der Waals surface area contributed by atoms with Gasteiger partial charge in [0.2, 0.25) is 10.0 Å². The average Bonchev–Trinajstić information content (AvgIpc) is 3.02. The van der Waals surface area contributed by atoms with Gasteiger partial charge in [0.25, 0.3) is 0 Å². The second kappa shape index (κ2) is 4.21. The summed E-state index contributed by atoms with van der Waals surface area (Å²) < 4.78 is 27.1. The summed E-state index contributed by atoms with van der Waals surface area (Å²) >= 11 is 0. The van der Waals surface area contributed by atoms with E-state index in [0.29, 0.717) is 11.8 Å². The number of fused-ring (bicyclic) bond motifs is 2. The molecule has 98 valence electrons. The standard InChI is InChI=1S/C12H22N2O2S/c13-10-6-8-2-1-3-9(7-10)12(8)14-17(15,16)11-4-5-11/h8-12,14H,1-7,13H2. The molecule has 0 amide bonds. The fraction of sp³-hybridized carbons (Fsp3) is 1.00. The molecule has 3 fully saturated rings. The molecule has 3 aliphatic carbocycles. The Labute approximate surface area is 103 Å². The lowest BCUT2D eigenvalue weighted by Crippen LogP contribution is -2.54. The summed E-state index contributed by atoms with van der Waals surface area (Å²) in [5.74, 6) is 0.956. The molecule has 0 spiro atoms. The van der Waals surface area contributed by atoms with Crippen molar-refractivity contribution in [3.63, 3.8) is 0 Å². The van der Waals surface area contributed by atoms with Gasteiger partial charge >= 0.3 is 0 Å². The van der Waals surface area contributed by atoms with Gasteiger partial charge in [-0.15, -0.1) is 0 Å². The maximum Gasteiger partial charge on any atom is 0.214 e. The first kappa shape index (κ1) is 11.9. The van der Waals surface area contributed by atoms with Gasteiger partial charge in [0.1, 0.15) is 0 Å². The second-order valence-corrected chi connectivity index (χ2v) is 8.06. The van der Waals surface area contributed by atoms with Gasteiger partial charge in [-0.25, -0.2) is 13.1 Å². The number of hydrogen-bond acceptors (Lipinski definition) is 3. The topological polar surface area (TPSA) is 72.2 Å². The molecule has 3 rings (SSSR count). The van der Waals surface area contributed by atoms with Crippen LogP contribution in [0.3, 0.4) is 0 Å².